The largest absolute Gasteiger partial charge is 0.478 e. The van der Waals surface area contributed by atoms with Crippen molar-refractivity contribution >= 4 is 29.1 Å². The number of carboxylic acid groups (broad SMARTS) is 1. The highest BCUT2D eigenvalue weighted by Gasteiger charge is 2.09. The van der Waals surface area contributed by atoms with Gasteiger partial charge >= 0.3 is 5.97 Å². The Morgan fingerprint density at radius 3 is 2.58 bits per heavy atom. The number of carbonyl (C=O) groups is 1. The maximum absolute atomic E-state index is 11.2. The molecule has 0 radical (unpaired) electrons. The van der Waals surface area contributed by atoms with Crippen LogP contribution in [-0.4, -0.2) is 22.5 Å². The molecule has 0 bridgehead atoms. The molecule has 0 aliphatic carbocycles. The van der Waals surface area contributed by atoms with Gasteiger partial charge in [-0.1, -0.05) is 48.2 Å². The second-order valence-electron chi connectivity index (χ2n) is 5.29. The Bertz CT molecular complexity index is 786. The lowest BCUT2D eigenvalue weighted by atomic mass is 10.0. The van der Waals surface area contributed by atoms with Crippen molar-refractivity contribution in [1.82, 2.24) is 0 Å². The number of nitrogens with zero attached hydrogens (tertiary/aromatic N) is 2. The topological polar surface area (TPSA) is 88.0 Å². The molecule has 0 atom stereocenters. The third kappa shape index (κ3) is 4.96. The SMILES string of the molecule is Cc1cc(C)c(C(=O)O)cc1C=NN=C(N)SCc1ccccc1. The monoisotopic (exact) mass is 341 g/mol. The van der Waals surface area contributed by atoms with Crippen LogP contribution >= 0.6 is 11.8 Å². The second kappa shape index (κ2) is 8.31. The Balaban J connectivity index is 2.04. The van der Waals surface area contributed by atoms with E-state index in [0.717, 1.165) is 22.4 Å². The van der Waals surface area contributed by atoms with Gasteiger partial charge in [0.15, 0.2) is 5.17 Å². The summed E-state index contributed by atoms with van der Waals surface area (Å²) >= 11 is 1.40. The number of rotatable bonds is 5. The molecule has 2 aromatic carbocycles. The van der Waals surface area contributed by atoms with Crippen molar-refractivity contribution in [3.05, 3.63) is 70.3 Å². The minimum absolute atomic E-state index is 0.262. The van der Waals surface area contributed by atoms with Crippen molar-refractivity contribution in [2.24, 2.45) is 15.9 Å². The van der Waals surface area contributed by atoms with Gasteiger partial charge in [0, 0.05) is 5.75 Å². The van der Waals surface area contributed by atoms with E-state index in [0.29, 0.717) is 10.7 Å². The molecular formula is C18H19N3O2S. The molecule has 0 amide bonds. The fourth-order valence-electron chi connectivity index (χ4n) is 2.15. The van der Waals surface area contributed by atoms with E-state index in [1.54, 1.807) is 13.0 Å². The van der Waals surface area contributed by atoms with E-state index in [4.69, 9.17) is 5.73 Å². The molecule has 0 heterocycles. The maximum atomic E-state index is 11.2. The van der Waals surface area contributed by atoms with Crippen LogP contribution in [0.15, 0.2) is 52.7 Å². The van der Waals surface area contributed by atoms with Gasteiger partial charge < -0.3 is 10.8 Å². The zero-order valence-corrected chi connectivity index (χ0v) is 14.4. The van der Waals surface area contributed by atoms with Gasteiger partial charge in [-0.2, -0.15) is 5.10 Å². The quantitative estimate of drug-likeness (QED) is 0.494. The minimum atomic E-state index is -0.955. The van der Waals surface area contributed by atoms with Crippen LogP contribution in [0.4, 0.5) is 0 Å². The standard InChI is InChI=1S/C18H19N3O2S/c1-12-8-13(2)16(17(22)23)9-15(12)10-20-21-18(19)24-11-14-6-4-3-5-7-14/h3-10H,11H2,1-2H3,(H2,19,21)(H,22,23). The zero-order valence-electron chi connectivity index (χ0n) is 13.6. The van der Waals surface area contributed by atoms with Gasteiger partial charge in [-0.15, -0.1) is 5.10 Å². The van der Waals surface area contributed by atoms with Gasteiger partial charge in [0.05, 0.1) is 11.8 Å². The molecule has 24 heavy (non-hydrogen) atoms. The van der Waals surface area contributed by atoms with E-state index in [1.165, 1.54) is 18.0 Å². The minimum Gasteiger partial charge on any atom is -0.478 e. The normalized spacial score (nSPS) is 11.8. The molecule has 0 aliphatic rings. The average Bonchev–Trinajstić information content (AvgIpc) is 2.55. The Morgan fingerprint density at radius 2 is 1.92 bits per heavy atom. The number of carboxylic acids is 1. The van der Waals surface area contributed by atoms with Gasteiger partial charge in [-0.3, -0.25) is 0 Å². The molecule has 2 aromatic rings. The lowest BCUT2D eigenvalue weighted by Gasteiger charge is -2.05. The predicted octanol–water partition coefficient (Wildman–Crippen LogP) is 3.58. The fraction of sp³-hybridized carbons (Fsp3) is 0.167. The Morgan fingerprint density at radius 1 is 1.21 bits per heavy atom. The summed E-state index contributed by atoms with van der Waals surface area (Å²) in [7, 11) is 0. The summed E-state index contributed by atoms with van der Waals surface area (Å²) in [6, 6.07) is 13.4. The van der Waals surface area contributed by atoms with E-state index in [2.05, 4.69) is 10.2 Å². The van der Waals surface area contributed by atoms with Gasteiger partial charge in [-0.05, 0) is 42.2 Å². The first-order chi connectivity index (χ1) is 11.5. The van der Waals surface area contributed by atoms with Crippen molar-refractivity contribution in [2.75, 3.05) is 0 Å². The Labute approximate surface area is 145 Å². The summed E-state index contributed by atoms with van der Waals surface area (Å²) in [4.78, 5) is 11.2. The molecule has 0 saturated carbocycles. The van der Waals surface area contributed by atoms with E-state index in [1.807, 2.05) is 43.3 Å². The molecule has 0 aromatic heterocycles. The number of hydrogen-bond donors (Lipinski definition) is 2. The number of amidine groups is 1. The molecule has 2 rings (SSSR count). The molecule has 0 saturated heterocycles. The summed E-state index contributed by atoms with van der Waals surface area (Å²) in [5.41, 5.74) is 9.62. The van der Waals surface area contributed by atoms with Crippen LogP contribution < -0.4 is 5.73 Å². The Hall–Kier alpha value is -2.60. The summed E-state index contributed by atoms with van der Waals surface area (Å²) < 4.78 is 0. The number of thioether (sulfide) groups is 1. The highest BCUT2D eigenvalue weighted by Crippen LogP contribution is 2.15. The van der Waals surface area contributed by atoms with E-state index in [9.17, 15) is 9.90 Å². The molecule has 0 unspecified atom stereocenters. The Kier molecular flexibility index (Phi) is 6.14. The molecule has 0 fully saturated rings. The van der Waals surface area contributed by atoms with Gasteiger partial charge in [0.1, 0.15) is 0 Å². The van der Waals surface area contributed by atoms with Gasteiger partial charge in [0.2, 0.25) is 0 Å². The summed E-state index contributed by atoms with van der Waals surface area (Å²) in [6.45, 7) is 3.67. The van der Waals surface area contributed by atoms with Crippen LogP contribution in [0.25, 0.3) is 0 Å². The molecule has 124 valence electrons. The first-order valence-corrected chi connectivity index (χ1v) is 8.33. The van der Waals surface area contributed by atoms with E-state index >= 15 is 0 Å². The molecule has 3 N–H and O–H groups in total. The highest BCUT2D eigenvalue weighted by molar-refractivity contribution is 8.13. The predicted molar refractivity (Wildman–Crippen MR) is 99.8 cm³/mol. The number of aromatic carboxylic acids is 1. The lowest BCUT2D eigenvalue weighted by molar-refractivity contribution is 0.0696. The molecular weight excluding hydrogens is 322 g/mol. The van der Waals surface area contributed by atoms with Gasteiger partial charge in [-0.25, -0.2) is 4.79 Å². The molecule has 0 aliphatic heterocycles. The van der Waals surface area contributed by atoms with Crippen LogP contribution in [0.3, 0.4) is 0 Å². The summed E-state index contributed by atoms with van der Waals surface area (Å²) in [6.07, 6.45) is 1.52. The van der Waals surface area contributed by atoms with Crippen LogP contribution in [-0.2, 0) is 5.75 Å². The smallest absolute Gasteiger partial charge is 0.335 e. The molecule has 5 nitrogen and oxygen atoms in total. The van der Waals surface area contributed by atoms with Crippen molar-refractivity contribution in [1.29, 1.82) is 0 Å². The van der Waals surface area contributed by atoms with Gasteiger partial charge in [0.25, 0.3) is 0 Å². The third-order valence-electron chi connectivity index (χ3n) is 3.43. The number of benzene rings is 2. The number of aryl methyl sites for hydroxylation is 2. The van der Waals surface area contributed by atoms with E-state index in [-0.39, 0.29) is 5.56 Å². The fourth-order valence-corrected chi connectivity index (χ4v) is 2.76. The lowest BCUT2D eigenvalue weighted by Crippen LogP contribution is -2.06. The number of nitrogens with two attached hydrogens (primary N) is 1. The molecule has 6 heteroatoms. The van der Waals surface area contributed by atoms with E-state index < -0.39 is 5.97 Å². The third-order valence-corrected chi connectivity index (χ3v) is 4.28. The summed E-state index contributed by atoms with van der Waals surface area (Å²) in [5.74, 6) is -0.234. The highest BCUT2D eigenvalue weighted by atomic mass is 32.2. The van der Waals surface area contributed by atoms with Crippen LogP contribution in [0.1, 0.15) is 32.6 Å². The average molecular weight is 341 g/mol. The van der Waals surface area contributed by atoms with Crippen molar-refractivity contribution in [2.45, 2.75) is 19.6 Å². The van der Waals surface area contributed by atoms with Crippen LogP contribution in [0.2, 0.25) is 0 Å². The summed E-state index contributed by atoms with van der Waals surface area (Å²) in [5, 5.41) is 17.5. The molecule has 0 spiro atoms. The van der Waals surface area contributed by atoms with Crippen molar-refractivity contribution in [3.8, 4) is 0 Å². The number of hydrogen-bond acceptors (Lipinski definition) is 4. The van der Waals surface area contributed by atoms with Crippen LogP contribution in [0.5, 0.6) is 0 Å². The maximum Gasteiger partial charge on any atom is 0.335 e. The first-order valence-electron chi connectivity index (χ1n) is 7.35. The van der Waals surface area contributed by atoms with Crippen LogP contribution in [0, 0.1) is 13.8 Å². The zero-order chi connectivity index (χ0) is 17.5. The first kappa shape index (κ1) is 17.7. The van der Waals surface area contributed by atoms with Crippen molar-refractivity contribution in [3.63, 3.8) is 0 Å². The van der Waals surface area contributed by atoms with Crippen molar-refractivity contribution < 1.29 is 9.90 Å². The second-order valence-corrected chi connectivity index (χ2v) is 6.28.